The number of amidine groups is 1. The summed E-state index contributed by atoms with van der Waals surface area (Å²) < 4.78 is 38.0. The SMILES string of the molecule is N=C(N)c1ccc(Cl)cc1N(CC(F)(F)F)C1CC1. The van der Waals surface area contributed by atoms with Gasteiger partial charge in [-0.05, 0) is 31.0 Å². The van der Waals surface area contributed by atoms with Gasteiger partial charge in [-0.1, -0.05) is 11.6 Å². The third-order valence-electron chi connectivity index (χ3n) is 2.90. The number of anilines is 1. The molecule has 1 aliphatic rings. The van der Waals surface area contributed by atoms with E-state index < -0.39 is 12.7 Å². The zero-order chi connectivity index (χ0) is 14.2. The molecule has 1 fully saturated rings. The molecule has 7 heteroatoms. The Labute approximate surface area is 113 Å². The van der Waals surface area contributed by atoms with Gasteiger partial charge in [0.05, 0.1) is 0 Å². The Bertz CT molecular complexity index is 497. The van der Waals surface area contributed by atoms with Crippen LogP contribution in [-0.2, 0) is 0 Å². The van der Waals surface area contributed by atoms with Crippen molar-refractivity contribution in [2.24, 2.45) is 5.73 Å². The summed E-state index contributed by atoms with van der Waals surface area (Å²) in [6, 6.07) is 4.27. The van der Waals surface area contributed by atoms with Gasteiger partial charge in [-0.3, -0.25) is 5.41 Å². The lowest BCUT2D eigenvalue weighted by atomic mass is 10.1. The normalized spacial score (nSPS) is 15.4. The largest absolute Gasteiger partial charge is 0.405 e. The zero-order valence-electron chi connectivity index (χ0n) is 9.97. The van der Waals surface area contributed by atoms with Crippen molar-refractivity contribution in [3.05, 3.63) is 28.8 Å². The fraction of sp³-hybridized carbons (Fsp3) is 0.417. The van der Waals surface area contributed by atoms with Gasteiger partial charge in [-0.25, -0.2) is 0 Å². The molecule has 3 nitrogen and oxygen atoms in total. The number of nitrogens with one attached hydrogen (secondary N) is 1. The van der Waals surface area contributed by atoms with Crippen LogP contribution in [0.4, 0.5) is 18.9 Å². The zero-order valence-corrected chi connectivity index (χ0v) is 10.7. The Kier molecular flexibility index (Phi) is 3.62. The molecular weight excluding hydrogens is 279 g/mol. The fourth-order valence-corrected chi connectivity index (χ4v) is 2.13. The predicted molar refractivity (Wildman–Crippen MR) is 68.9 cm³/mol. The Morgan fingerprint density at radius 2 is 2.05 bits per heavy atom. The molecule has 0 bridgehead atoms. The van der Waals surface area contributed by atoms with Crippen molar-refractivity contribution in [2.75, 3.05) is 11.4 Å². The number of halogens is 4. The van der Waals surface area contributed by atoms with Crippen molar-refractivity contribution in [1.82, 2.24) is 0 Å². The van der Waals surface area contributed by atoms with E-state index >= 15 is 0 Å². The van der Waals surface area contributed by atoms with Crippen LogP contribution in [0.1, 0.15) is 18.4 Å². The second-order valence-electron chi connectivity index (χ2n) is 4.55. The fourth-order valence-electron chi connectivity index (χ4n) is 1.96. The average molecular weight is 292 g/mol. The molecule has 0 heterocycles. The van der Waals surface area contributed by atoms with E-state index in [9.17, 15) is 13.2 Å². The van der Waals surface area contributed by atoms with Crippen LogP contribution in [0.2, 0.25) is 5.02 Å². The Morgan fingerprint density at radius 1 is 1.42 bits per heavy atom. The third kappa shape index (κ3) is 3.53. The smallest absolute Gasteiger partial charge is 0.384 e. The lowest BCUT2D eigenvalue weighted by molar-refractivity contribution is -0.120. The molecule has 0 atom stereocenters. The van der Waals surface area contributed by atoms with E-state index in [4.69, 9.17) is 22.7 Å². The lowest BCUT2D eigenvalue weighted by Crippen LogP contribution is -2.37. The van der Waals surface area contributed by atoms with Crippen molar-refractivity contribution >= 4 is 23.1 Å². The van der Waals surface area contributed by atoms with Crippen LogP contribution in [0.15, 0.2) is 18.2 Å². The number of hydrogen-bond donors (Lipinski definition) is 2. The van der Waals surface area contributed by atoms with Gasteiger partial charge in [0, 0.05) is 22.3 Å². The molecule has 0 saturated heterocycles. The molecule has 0 aliphatic heterocycles. The highest BCUT2D eigenvalue weighted by molar-refractivity contribution is 6.31. The summed E-state index contributed by atoms with van der Waals surface area (Å²) in [5, 5.41) is 7.79. The Morgan fingerprint density at radius 3 is 2.53 bits per heavy atom. The van der Waals surface area contributed by atoms with E-state index in [1.54, 1.807) is 0 Å². The Hall–Kier alpha value is -1.43. The van der Waals surface area contributed by atoms with E-state index in [1.807, 2.05) is 0 Å². The minimum absolute atomic E-state index is 0.154. The number of nitrogens with zero attached hydrogens (tertiary/aromatic N) is 1. The maximum absolute atomic E-state index is 12.7. The van der Waals surface area contributed by atoms with Crippen LogP contribution < -0.4 is 10.6 Å². The van der Waals surface area contributed by atoms with Crippen LogP contribution in [0, 0.1) is 5.41 Å². The standard InChI is InChI=1S/C12H13ClF3N3/c13-7-1-4-9(11(17)18)10(5-7)19(8-2-3-8)6-12(14,15)16/h1,4-5,8H,2-3,6H2,(H3,17,18). The second-order valence-corrected chi connectivity index (χ2v) is 4.99. The molecule has 0 radical (unpaired) electrons. The van der Waals surface area contributed by atoms with Gasteiger partial charge >= 0.3 is 6.18 Å². The molecule has 0 unspecified atom stereocenters. The highest BCUT2D eigenvalue weighted by atomic mass is 35.5. The molecule has 2 rings (SSSR count). The monoisotopic (exact) mass is 291 g/mol. The number of nitrogen functional groups attached to an aromatic ring is 1. The van der Waals surface area contributed by atoms with Crippen LogP contribution in [0.25, 0.3) is 0 Å². The summed E-state index contributed by atoms with van der Waals surface area (Å²) in [7, 11) is 0. The number of nitrogens with two attached hydrogens (primary N) is 1. The topological polar surface area (TPSA) is 53.1 Å². The van der Waals surface area contributed by atoms with E-state index in [1.165, 1.54) is 23.1 Å². The van der Waals surface area contributed by atoms with Gasteiger partial charge in [-0.15, -0.1) is 0 Å². The minimum atomic E-state index is -4.31. The molecule has 0 spiro atoms. The summed E-state index contributed by atoms with van der Waals surface area (Å²) >= 11 is 5.84. The van der Waals surface area contributed by atoms with Crippen LogP contribution in [0.3, 0.4) is 0 Å². The first-order valence-corrected chi connectivity index (χ1v) is 6.13. The van der Waals surface area contributed by atoms with Gasteiger partial charge < -0.3 is 10.6 Å². The summed E-state index contributed by atoms with van der Waals surface area (Å²) in [5.74, 6) is -0.264. The number of rotatable bonds is 4. The lowest BCUT2D eigenvalue weighted by Gasteiger charge is -2.28. The molecule has 0 aromatic heterocycles. The first-order chi connectivity index (χ1) is 8.78. The molecule has 1 aromatic rings. The van der Waals surface area contributed by atoms with Gasteiger partial charge in [0.2, 0.25) is 0 Å². The first kappa shape index (κ1) is 14.0. The predicted octanol–water partition coefficient (Wildman–Crippen LogP) is 3.16. The molecule has 104 valence electrons. The quantitative estimate of drug-likeness (QED) is 0.661. The van der Waals surface area contributed by atoms with Crippen molar-refractivity contribution < 1.29 is 13.2 Å². The van der Waals surface area contributed by atoms with Crippen LogP contribution in [0.5, 0.6) is 0 Å². The maximum atomic E-state index is 12.7. The highest BCUT2D eigenvalue weighted by Gasteiger charge is 2.39. The maximum Gasteiger partial charge on any atom is 0.405 e. The van der Waals surface area contributed by atoms with Gasteiger partial charge in [-0.2, -0.15) is 13.2 Å². The second kappa shape index (κ2) is 4.92. The highest BCUT2D eigenvalue weighted by Crippen LogP contribution is 2.37. The summed E-state index contributed by atoms with van der Waals surface area (Å²) in [6.07, 6.45) is -2.89. The number of benzene rings is 1. The third-order valence-corrected chi connectivity index (χ3v) is 3.13. The number of alkyl halides is 3. The molecular formula is C12H13ClF3N3. The van der Waals surface area contributed by atoms with Crippen LogP contribution >= 0.6 is 11.6 Å². The van der Waals surface area contributed by atoms with Gasteiger partial charge in [0.15, 0.2) is 0 Å². The first-order valence-electron chi connectivity index (χ1n) is 5.75. The summed E-state index contributed by atoms with van der Waals surface area (Å²) in [6.45, 7) is -1.06. The van der Waals surface area contributed by atoms with Gasteiger partial charge in [0.1, 0.15) is 12.4 Å². The molecule has 1 aromatic carbocycles. The van der Waals surface area contributed by atoms with Crippen molar-refractivity contribution in [1.29, 1.82) is 5.41 Å². The van der Waals surface area contributed by atoms with Crippen molar-refractivity contribution in [2.45, 2.75) is 25.1 Å². The average Bonchev–Trinajstić information content (AvgIpc) is 3.07. The van der Waals surface area contributed by atoms with Crippen molar-refractivity contribution in [3.63, 3.8) is 0 Å². The molecule has 3 N–H and O–H groups in total. The molecule has 1 aliphatic carbocycles. The molecule has 1 saturated carbocycles. The Balaban J connectivity index is 2.40. The molecule has 19 heavy (non-hydrogen) atoms. The van der Waals surface area contributed by atoms with E-state index in [2.05, 4.69) is 0 Å². The molecule has 0 amide bonds. The minimum Gasteiger partial charge on any atom is -0.384 e. The van der Waals surface area contributed by atoms with E-state index in [0.717, 1.165) is 0 Å². The van der Waals surface area contributed by atoms with Crippen molar-refractivity contribution in [3.8, 4) is 0 Å². The summed E-state index contributed by atoms with van der Waals surface area (Å²) in [4.78, 5) is 1.24. The van der Waals surface area contributed by atoms with Crippen LogP contribution in [-0.4, -0.2) is 24.6 Å². The van der Waals surface area contributed by atoms with E-state index in [-0.39, 0.29) is 23.1 Å². The van der Waals surface area contributed by atoms with E-state index in [0.29, 0.717) is 17.9 Å². The summed E-state index contributed by atoms with van der Waals surface area (Å²) in [5.41, 5.74) is 5.97. The van der Waals surface area contributed by atoms with Gasteiger partial charge in [0.25, 0.3) is 0 Å². The number of hydrogen-bond acceptors (Lipinski definition) is 2.